The van der Waals surface area contributed by atoms with Crippen molar-refractivity contribution in [2.24, 2.45) is 5.16 Å². The van der Waals surface area contributed by atoms with Gasteiger partial charge in [-0.15, -0.1) is 6.42 Å². The van der Waals surface area contributed by atoms with E-state index in [1.807, 2.05) is 18.2 Å². The van der Waals surface area contributed by atoms with Gasteiger partial charge >= 0.3 is 5.63 Å². The van der Waals surface area contributed by atoms with Crippen molar-refractivity contribution in [1.82, 2.24) is 0 Å². The van der Waals surface area contributed by atoms with E-state index >= 15 is 0 Å². The van der Waals surface area contributed by atoms with Gasteiger partial charge in [0.2, 0.25) is 0 Å². The van der Waals surface area contributed by atoms with E-state index in [1.54, 1.807) is 19.1 Å². The largest absolute Gasteiger partial charge is 0.422 e. The number of rotatable bonds is 3. The summed E-state index contributed by atoms with van der Waals surface area (Å²) in [6.45, 7) is 1.73. The van der Waals surface area contributed by atoms with Crippen molar-refractivity contribution in [3.8, 4) is 12.3 Å². The second-order valence-electron chi connectivity index (χ2n) is 3.64. The minimum absolute atomic E-state index is 0.0657. The van der Waals surface area contributed by atoms with E-state index in [1.165, 1.54) is 0 Å². The topological polar surface area (TPSA) is 51.8 Å². The van der Waals surface area contributed by atoms with Gasteiger partial charge in [-0.3, -0.25) is 0 Å². The summed E-state index contributed by atoms with van der Waals surface area (Å²) >= 11 is 0. The molecule has 1 aromatic heterocycles. The summed E-state index contributed by atoms with van der Waals surface area (Å²) in [5, 5.41) is 4.60. The molecule has 1 aromatic carbocycles. The van der Waals surface area contributed by atoms with Crippen LogP contribution in [0.1, 0.15) is 12.5 Å². The van der Waals surface area contributed by atoms with Crippen LogP contribution in [0.3, 0.4) is 0 Å². The van der Waals surface area contributed by atoms with E-state index in [0.717, 1.165) is 5.39 Å². The van der Waals surface area contributed by atoms with Gasteiger partial charge in [-0.2, -0.15) is 0 Å². The highest BCUT2D eigenvalue weighted by molar-refractivity contribution is 6.00. The highest BCUT2D eigenvalue weighted by Crippen LogP contribution is 2.13. The molecule has 0 radical (unpaired) electrons. The number of para-hydroxylation sites is 1. The van der Waals surface area contributed by atoms with Gasteiger partial charge in [0.25, 0.3) is 0 Å². The van der Waals surface area contributed by atoms with Crippen LogP contribution >= 0.6 is 0 Å². The Kier molecular flexibility index (Phi) is 3.44. The van der Waals surface area contributed by atoms with Crippen molar-refractivity contribution in [2.45, 2.75) is 6.92 Å². The Hall–Kier alpha value is -2.54. The monoisotopic (exact) mass is 241 g/mol. The van der Waals surface area contributed by atoms with Crippen LogP contribution in [0, 0.1) is 12.3 Å². The van der Waals surface area contributed by atoms with E-state index in [9.17, 15) is 4.79 Å². The molecule has 0 aliphatic rings. The fourth-order valence-corrected chi connectivity index (χ4v) is 1.53. The van der Waals surface area contributed by atoms with Gasteiger partial charge in [-0.05, 0) is 19.1 Å². The number of fused-ring (bicyclic) bond motifs is 1. The van der Waals surface area contributed by atoms with Crippen LogP contribution < -0.4 is 5.63 Å². The number of benzene rings is 1. The van der Waals surface area contributed by atoms with E-state index in [0.29, 0.717) is 16.9 Å². The predicted molar refractivity (Wildman–Crippen MR) is 69.5 cm³/mol. The molecule has 0 amide bonds. The molecular weight excluding hydrogens is 230 g/mol. The maximum absolute atomic E-state index is 11.8. The Morgan fingerprint density at radius 2 is 2.28 bits per heavy atom. The lowest BCUT2D eigenvalue weighted by Gasteiger charge is -2.01. The highest BCUT2D eigenvalue weighted by atomic mass is 16.6. The zero-order chi connectivity index (χ0) is 13.0. The first-order valence-electron chi connectivity index (χ1n) is 5.35. The van der Waals surface area contributed by atoms with Crippen LogP contribution in [0.5, 0.6) is 0 Å². The molecule has 0 saturated carbocycles. The molecule has 0 spiro atoms. The van der Waals surface area contributed by atoms with Crippen molar-refractivity contribution < 1.29 is 9.25 Å². The Bertz CT molecular complexity index is 692. The lowest BCUT2D eigenvalue weighted by Crippen LogP contribution is -2.12. The molecule has 2 rings (SSSR count). The molecule has 0 fully saturated rings. The molecule has 0 unspecified atom stereocenters. The first-order valence-corrected chi connectivity index (χ1v) is 5.35. The summed E-state index contributed by atoms with van der Waals surface area (Å²) in [5.74, 6) is 2.29. The zero-order valence-corrected chi connectivity index (χ0v) is 9.84. The van der Waals surface area contributed by atoms with Gasteiger partial charge in [0.15, 0.2) is 6.61 Å². The quantitative estimate of drug-likeness (QED) is 0.272. The maximum Gasteiger partial charge on any atom is 0.345 e. The number of oxime groups is 1. The van der Waals surface area contributed by atoms with Gasteiger partial charge in [-0.1, -0.05) is 29.3 Å². The molecule has 18 heavy (non-hydrogen) atoms. The molecule has 2 aromatic rings. The van der Waals surface area contributed by atoms with Crippen molar-refractivity contribution >= 4 is 16.7 Å². The summed E-state index contributed by atoms with van der Waals surface area (Å²) in [5.41, 5.74) is 0.901. The van der Waals surface area contributed by atoms with Crippen molar-refractivity contribution in [3.63, 3.8) is 0 Å². The van der Waals surface area contributed by atoms with Crippen LogP contribution in [0.2, 0.25) is 0 Å². The third-order valence-electron chi connectivity index (χ3n) is 2.38. The smallest absolute Gasteiger partial charge is 0.345 e. The third kappa shape index (κ3) is 2.41. The second-order valence-corrected chi connectivity index (χ2v) is 3.64. The number of nitrogens with zero attached hydrogens (tertiary/aromatic N) is 1. The molecule has 4 nitrogen and oxygen atoms in total. The molecule has 0 bridgehead atoms. The first kappa shape index (κ1) is 11.9. The Labute approximate surface area is 104 Å². The number of hydrogen-bond donors (Lipinski definition) is 0. The van der Waals surface area contributed by atoms with Gasteiger partial charge in [0.1, 0.15) is 5.58 Å². The van der Waals surface area contributed by atoms with Gasteiger partial charge in [0.05, 0.1) is 11.3 Å². The minimum atomic E-state index is -0.445. The molecule has 0 N–H and O–H groups in total. The molecule has 1 heterocycles. The Morgan fingerprint density at radius 1 is 1.50 bits per heavy atom. The Balaban J connectivity index is 2.45. The van der Waals surface area contributed by atoms with E-state index in [2.05, 4.69) is 11.1 Å². The van der Waals surface area contributed by atoms with Crippen LogP contribution in [-0.2, 0) is 4.84 Å². The van der Waals surface area contributed by atoms with Gasteiger partial charge in [-0.25, -0.2) is 4.79 Å². The van der Waals surface area contributed by atoms with Crippen molar-refractivity contribution in [2.75, 3.05) is 6.61 Å². The minimum Gasteiger partial charge on any atom is -0.422 e. The molecule has 0 aliphatic carbocycles. The van der Waals surface area contributed by atoms with Crippen molar-refractivity contribution in [1.29, 1.82) is 0 Å². The fourth-order valence-electron chi connectivity index (χ4n) is 1.53. The molecular formula is C14H11NO3. The van der Waals surface area contributed by atoms with Gasteiger partial charge < -0.3 is 9.25 Å². The number of terminal acetylenes is 1. The molecule has 90 valence electrons. The fraction of sp³-hybridized carbons (Fsp3) is 0.143. The third-order valence-corrected chi connectivity index (χ3v) is 2.38. The molecule has 0 aliphatic heterocycles. The summed E-state index contributed by atoms with van der Waals surface area (Å²) in [7, 11) is 0. The van der Waals surface area contributed by atoms with Crippen LogP contribution in [-0.4, -0.2) is 12.3 Å². The SMILES string of the molecule is C#CCON=C(C)c1cc2ccccc2oc1=O. The summed E-state index contributed by atoms with van der Waals surface area (Å²) in [6, 6.07) is 8.99. The van der Waals surface area contributed by atoms with E-state index in [4.69, 9.17) is 15.7 Å². The lowest BCUT2D eigenvalue weighted by atomic mass is 10.1. The summed E-state index contributed by atoms with van der Waals surface area (Å²) in [4.78, 5) is 16.6. The van der Waals surface area contributed by atoms with Crippen LogP contribution in [0.15, 0.2) is 44.7 Å². The maximum atomic E-state index is 11.8. The zero-order valence-electron chi connectivity index (χ0n) is 9.84. The second kappa shape index (κ2) is 5.19. The predicted octanol–water partition coefficient (Wildman–Crippen LogP) is 2.17. The highest BCUT2D eigenvalue weighted by Gasteiger charge is 2.08. The lowest BCUT2D eigenvalue weighted by molar-refractivity contribution is 0.180. The average molecular weight is 241 g/mol. The summed E-state index contributed by atoms with van der Waals surface area (Å²) in [6.07, 6.45) is 5.03. The standard InChI is InChI=1S/C14H11NO3/c1-3-8-17-15-10(2)12-9-11-6-4-5-7-13(11)18-14(12)16/h1,4-7,9H,8H2,2H3. The molecule has 0 atom stereocenters. The normalized spacial score (nSPS) is 11.2. The average Bonchev–Trinajstić information content (AvgIpc) is 2.38. The van der Waals surface area contributed by atoms with Crippen LogP contribution in [0.25, 0.3) is 11.0 Å². The molecule has 0 saturated heterocycles. The van der Waals surface area contributed by atoms with E-state index in [-0.39, 0.29) is 6.61 Å². The summed E-state index contributed by atoms with van der Waals surface area (Å²) < 4.78 is 5.19. The van der Waals surface area contributed by atoms with Crippen LogP contribution in [0.4, 0.5) is 0 Å². The van der Waals surface area contributed by atoms with Gasteiger partial charge in [0, 0.05) is 5.39 Å². The van der Waals surface area contributed by atoms with E-state index < -0.39 is 5.63 Å². The first-order chi connectivity index (χ1) is 8.72. The number of hydrogen-bond acceptors (Lipinski definition) is 4. The Morgan fingerprint density at radius 3 is 3.06 bits per heavy atom. The molecule has 4 heteroatoms. The van der Waals surface area contributed by atoms with Crippen molar-refractivity contribution in [3.05, 3.63) is 46.3 Å².